The Morgan fingerprint density at radius 3 is 2.62 bits per heavy atom. The summed E-state index contributed by atoms with van der Waals surface area (Å²) in [6, 6.07) is 0. The van der Waals surface area contributed by atoms with Gasteiger partial charge in [-0.25, -0.2) is 0 Å². The summed E-state index contributed by atoms with van der Waals surface area (Å²) in [6.07, 6.45) is 8.64. The fourth-order valence-electron chi connectivity index (χ4n) is 1.89. The van der Waals surface area contributed by atoms with Gasteiger partial charge in [0.25, 0.3) is 0 Å². The molecular weight excluding hydrogens is 198 g/mol. The number of aromatic nitrogens is 2. The van der Waals surface area contributed by atoms with Crippen LogP contribution in [0.2, 0.25) is 0 Å². The van der Waals surface area contributed by atoms with Gasteiger partial charge < -0.3 is 5.32 Å². The Bertz CT molecular complexity index is 272. The molecule has 0 aromatic carbocycles. The van der Waals surface area contributed by atoms with E-state index in [0.717, 1.165) is 13.1 Å². The summed E-state index contributed by atoms with van der Waals surface area (Å²) in [7, 11) is 2.01. The lowest BCUT2D eigenvalue weighted by Gasteiger charge is -2.06. The summed E-state index contributed by atoms with van der Waals surface area (Å²) in [5.74, 6) is 0. The highest BCUT2D eigenvalue weighted by Gasteiger charge is 2.02. The molecular formula is C13H25N3. The molecule has 0 aliphatic heterocycles. The number of hydrogen-bond acceptors (Lipinski definition) is 2. The number of nitrogens with one attached hydrogen (secondary N) is 1. The SMILES string of the molecule is CCCCCCCNCc1c(C)cnn1C. The van der Waals surface area contributed by atoms with Gasteiger partial charge in [-0.1, -0.05) is 32.6 Å². The van der Waals surface area contributed by atoms with Gasteiger partial charge in [0.2, 0.25) is 0 Å². The zero-order valence-corrected chi connectivity index (χ0v) is 10.9. The molecule has 0 fully saturated rings. The highest BCUT2D eigenvalue weighted by Crippen LogP contribution is 2.05. The van der Waals surface area contributed by atoms with Crippen molar-refractivity contribution in [2.75, 3.05) is 6.54 Å². The molecule has 0 unspecified atom stereocenters. The Morgan fingerprint density at radius 2 is 2.00 bits per heavy atom. The summed E-state index contributed by atoms with van der Waals surface area (Å²) >= 11 is 0. The van der Waals surface area contributed by atoms with E-state index >= 15 is 0 Å². The van der Waals surface area contributed by atoms with Gasteiger partial charge in [0.05, 0.1) is 11.9 Å². The molecule has 0 aliphatic carbocycles. The topological polar surface area (TPSA) is 29.9 Å². The monoisotopic (exact) mass is 223 g/mol. The van der Waals surface area contributed by atoms with Crippen molar-refractivity contribution in [3.05, 3.63) is 17.5 Å². The molecule has 0 atom stereocenters. The van der Waals surface area contributed by atoms with Crippen molar-refractivity contribution >= 4 is 0 Å². The van der Waals surface area contributed by atoms with Gasteiger partial charge in [-0.15, -0.1) is 0 Å². The largest absolute Gasteiger partial charge is 0.311 e. The van der Waals surface area contributed by atoms with E-state index in [2.05, 4.69) is 24.3 Å². The predicted octanol–water partition coefficient (Wildman–Crippen LogP) is 2.79. The molecule has 0 saturated heterocycles. The molecule has 3 nitrogen and oxygen atoms in total. The number of unbranched alkanes of at least 4 members (excludes halogenated alkanes) is 4. The number of hydrogen-bond donors (Lipinski definition) is 1. The van der Waals surface area contributed by atoms with E-state index in [1.807, 2.05) is 17.9 Å². The second-order valence-electron chi connectivity index (χ2n) is 4.49. The predicted molar refractivity (Wildman–Crippen MR) is 68.4 cm³/mol. The molecule has 1 heterocycles. The van der Waals surface area contributed by atoms with Crippen molar-refractivity contribution in [1.82, 2.24) is 15.1 Å². The van der Waals surface area contributed by atoms with E-state index < -0.39 is 0 Å². The van der Waals surface area contributed by atoms with E-state index in [4.69, 9.17) is 0 Å². The number of aryl methyl sites for hydroxylation is 2. The van der Waals surface area contributed by atoms with Gasteiger partial charge in [-0.05, 0) is 25.5 Å². The highest BCUT2D eigenvalue weighted by atomic mass is 15.3. The van der Waals surface area contributed by atoms with E-state index in [1.54, 1.807) is 0 Å². The number of nitrogens with zero attached hydrogens (tertiary/aromatic N) is 2. The Balaban J connectivity index is 2.07. The van der Waals surface area contributed by atoms with Crippen molar-refractivity contribution in [3.63, 3.8) is 0 Å². The summed E-state index contributed by atoms with van der Waals surface area (Å²) < 4.78 is 1.96. The smallest absolute Gasteiger partial charge is 0.0547 e. The van der Waals surface area contributed by atoms with Crippen LogP contribution >= 0.6 is 0 Å². The van der Waals surface area contributed by atoms with Gasteiger partial charge in [0.15, 0.2) is 0 Å². The summed E-state index contributed by atoms with van der Waals surface area (Å²) in [6.45, 7) is 6.43. The summed E-state index contributed by atoms with van der Waals surface area (Å²) in [5.41, 5.74) is 2.58. The maximum Gasteiger partial charge on any atom is 0.0547 e. The fourth-order valence-corrected chi connectivity index (χ4v) is 1.89. The maximum atomic E-state index is 4.23. The molecule has 0 bridgehead atoms. The highest BCUT2D eigenvalue weighted by molar-refractivity contribution is 5.14. The average molecular weight is 223 g/mol. The van der Waals surface area contributed by atoms with E-state index in [-0.39, 0.29) is 0 Å². The van der Waals surface area contributed by atoms with Crippen LogP contribution in [0.1, 0.15) is 50.3 Å². The van der Waals surface area contributed by atoms with Crippen LogP contribution in [-0.4, -0.2) is 16.3 Å². The lowest BCUT2D eigenvalue weighted by atomic mass is 10.1. The van der Waals surface area contributed by atoms with Gasteiger partial charge >= 0.3 is 0 Å². The molecule has 0 spiro atoms. The quantitative estimate of drug-likeness (QED) is 0.687. The summed E-state index contributed by atoms with van der Waals surface area (Å²) in [4.78, 5) is 0. The third-order valence-corrected chi connectivity index (χ3v) is 3.02. The van der Waals surface area contributed by atoms with Crippen LogP contribution in [0.5, 0.6) is 0 Å². The second kappa shape index (κ2) is 7.44. The molecule has 0 saturated carbocycles. The van der Waals surface area contributed by atoms with Crippen LogP contribution in [0.3, 0.4) is 0 Å². The van der Waals surface area contributed by atoms with Crippen LogP contribution < -0.4 is 5.32 Å². The molecule has 1 aromatic rings. The van der Waals surface area contributed by atoms with E-state index in [1.165, 1.54) is 43.4 Å². The van der Waals surface area contributed by atoms with Crippen molar-refractivity contribution < 1.29 is 0 Å². The molecule has 1 N–H and O–H groups in total. The molecule has 0 radical (unpaired) electrons. The molecule has 0 amide bonds. The van der Waals surface area contributed by atoms with Crippen molar-refractivity contribution in [3.8, 4) is 0 Å². The number of rotatable bonds is 8. The first-order valence-electron chi connectivity index (χ1n) is 6.44. The molecule has 16 heavy (non-hydrogen) atoms. The zero-order chi connectivity index (χ0) is 11.8. The average Bonchev–Trinajstić information content (AvgIpc) is 2.59. The van der Waals surface area contributed by atoms with Crippen LogP contribution in [0.15, 0.2) is 6.20 Å². The molecule has 92 valence electrons. The third-order valence-electron chi connectivity index (χ3n) is 3.02. The van der Waals surface area contributed by atoms with Crippen LogP contribution in [0, 0.1) is 6.92 Å². The van der Waals surface area contributed by atoms with E-state index in [0.29, 0.717) is 0 Å². The van der Waals surface area contributed by atoms with Crippen molar-refractivity contribution in [1.29, 1.82) is 0 Å². The molecule has 1 rings (SSSR count). The van der Waals surface area contributed by atoms with Gasteiger partial charge in [0.1, 0.15) is 0 Å². The van der Waals surface area contributed by atoms with Gasteiger partial charge in [-0.2, -0.15) is 5.10 Å². The normalized spacial score (nSPS) is 10.9. The van der Waals surface area contributed by atoms with Gasteiger partial charge in [-0.3, -0.25) is 4.68 Å². The second-order valence-corrected chi connectivity index (χ2v) is 4.49. The Kier molecular flexibility index (Phi) is 6.16. The summed E-state index contributed by atoms with van der Waals surface area (Å²) in [5, 5.41) is 7.72. The molecule has 0 aliphatic rings. The van der Waals surface area contributed by atoms with Crippen molar-refractivity contribution in [2.45, 2.75) is 52.5 Å². The minimum Gasteiger partial charge on any atom is -0.311 e. The van der Waals surface area contributed by atoms with Crippen LogP contribution in [0.4, 0.5) is 0 Å². The lowest BCUT2D eigenvalue weighted by molar-refractivity contribution is 0.567. The Morgan fingerprint density at radius 1 is 1.25 bits per heavy atom. The van der Waals surface area contributed by atoms with Crippen LogP contribution in [-0.2, 0) is 13.6 Å². The van der Waals surface area contributed by atoms with Crippen molar-refractivity contribution in [2.24, 2.45) is 7.05 Å². The minimum absolute atomic E-state index is 0.941. The van der Waals surface area contributed by atoms with Gasteiger partial charge in [0, 0.05) is 13.6 Å². The Hall–Kier alpha value is -0.830. The standard InChI is InChI=1S/C13H25N3/c1-4-5-6-7-8-9-14-11-13-12(2)10-15-16(13)3/h10,14H,4-9,11H2,1-3H3. The first-order chi connectivity index (χ1) is 7.75. The lowest BCUT2D eigenvalue weighted by Crippen LogP contribution is -2.17. The van der Waals surface area contributed by atoms with E-state index in [9.17, 15) is 0 Å². The first kappa shape index (κ1) is 13.2. The zero-order valence-electron chi connectivity index (χ0n) is 10.9. The molecule has 3 heteroatoms. The fraction of sp³-hybridized carbons (Fsp3) is 0.769. The third kappa shape index (κ3) is 4.35. The first-order valence-corrected chi connectivity index (χ1v) is 6.44. The Labute approximate surface area is 99.2 Å². The maximum absolute atomic E-state index is 4.23. The minimum atomic E-state index is 0.941. The molecule has 1 aromatic heterocycles. The van der Waals surface area contributed by atoms with Crippen LogP contribution in [0.25, 0.3) is 0 Å².